The number of imidazole rings is 1. The number of rotatable bonds is 4. The van der Waals surface area contributed by atoms with Gasteiger partial charge in [-0.2, -0.15) is 5.10 Å². The zero-order valence-electron chi connectivity index (χ0n) is 10.4. The van der Waals surface area contributed by atoms with Crippen molar-refractivity contribution in [3.8, 4) is 0 Å². The van der Waals surface area contributed by atoms with E-state index in [-0.39, 0.29) is 6.04 Å². The second-order valence-electron chi connectivity index (χ2n) is 4.01. The molecule has 6 nitrogen and oxygen atoms in total. The minimum atomic E-state index is -0.126. The van der Waals surface area contributed by atoms with Gasteiger partial charge in [0.2, 0.25) is 0 Å². The standard InChI is InChI=1S/C11H18N6/c1-4-17-6-5-13-11(17)10(14-12)9-7-16(3)15-8(9)2/h5-7,10,14H,4,12H2,1-3H3. The Morgan fingerprint density at radius 1 is 1.53 bits per heavy atom. The van der Waals surface area contributed by atoms with E-state index in [2.05, 4.69) is 27.0 Å². The van der Waals surface area contributed by atoms with Crippen molar-refractivity contribution in [1.82, 2.24) is 24.8 Å². The van der Waals surface area contributed by atoms with Gasteiger partial charge in [-0.15, -0.1) is 0 Å². The summed E-state index contributed by atoms with van der Waals surface area (Å²) in [6, 6.07) is -0.126. The molecule has 0 spiro atoms. The van der Waals surface area contributed by atoms with Gasteiger partial charge in [0.15, 0.2) is 0 Å². The van der Waals surface area contributed by atoms with Gasteiger partial charge in [-0.3, -0.25) is 10.5 Å². The molecular weight excluding hydrogens is 216 g/mol. The highest BCUT2D eigenvalue weighted by Gasteiger charge is 2.21. The normalized spacial score (nSPS) is 12.9. The highest BCUT2D eigenvalue weighted by Crippen LogP contribution is 2.22. The van der Waals surface area contributed by atoms with Gasteiger partial charge < -0.3 is 4.57 Å². The fraction of sp³-hybridized carbons (Fsp3) is 0.455. The molecule has 0 bridgehead atoms. The largest absolute Gasteiger partial charge is 0.334 e. The summed E-state index contributed by atoms with van der Waals surface area (Å²) in [5.41, 5.74) is 4.82. The number of nitrogens with zero attached hydrogens (tertiary/aromatic N) is 4. The molecule has 6 heteroatoms. The average Bonchev–Trinajstić information content (AvgIpc) is 2.88. The molecule has 2 heterocycles. The molecule has 1 atom stereocenters. The van der Waals surface area contributed by atoms with E-state index in [1.165, 1.54) is 0 Å². The SMILES string of the molecule is CCn1ccnc1C(NN)c1cn(C)nc1C. The molecule has 0 aliphatic heterocycles. The monoisotopic (exact) mass is 234 g/mol. The van der Waals surface area contributed by atoms with Gasteiger partial charge in [0.1, 0.15) is 11.9 Å². The second kappa shape index (κ2) is 4.68. The van der Waals surface area contributed by atoms with Crippen molar-refractivity contribution in [2.24, 2.45) is 12.9 Å². The zero-order chi connectivity index (χ0) is 12.4. The number of nitrogens with one attached hydrogen (secondary N) is 1. The first-order valence-corrected chi connectivity index (χ1v) is 5.64. The molecular formula is C11H18N6. The molecule has 92 valence electrons. The van der Waals surface area contributed by atoms with Crippen molar-refractivity contribution in [3.63, 3.8) is 0 Å². The molecule has 0 amide bonds. The van der Waals surface area contributed by atoms with Gasteiger partial charge in [0.25, 0.3) is 0 Å². The van der Waals surface area contributed by atoms with E-state index in [0.29, 0.717) is 0 Å². The Hall–Kier alpha value is -1.66. The maximum Gasteiger partial charge on any atom is 0.131 e. The Morgan fingerprint density at radius 2 is 2.29 bits per heavy atom. The summed E-state index contributed by atoms with van der Waals surface area (Å²) in [6.07, 6.45) is 5.70. The summed E-state index contributed by atoms with van der Waals surface area (Å²) in [5, 5.41) is 4.33. The van der Waals surface area contributed by atoms with Crippen LogP contribution in [-0.4, -0.2) is 19.3 Å². The minimum Gasteiger partial charge on any atom is -0.334 e. The van der Waals surface area contributed by atoms with Crippen molar-refractivity contribution in [2.45, 2.75) is 26.4 Å². The van der Waals surface area contributed by atoms with Gasteiger partial charge >= 0.3 is 0 Å². The topological polar surface area (TPSA) is 73.7 Å². The van der Waals surface area contributed by atoms with E-state index in [0.717, 1.165) is 23.6 Å². The average molecular weight is 234 g/mol. The lowest BCUT2D eigenvalue weighted by Crippen LogP contribution is -2.31. The first-order valence-electron chi connectivity index (χ1n) is 5.64. The fourth-order valence-corrected chi connectivity index (χ4v) is 2.05. The molecule has 17 heavy (non-hydrogen) atoms. The number of aromatic nitrogens is 4. The molecule has 0 aliphatic carbocycles. The lowest BCUT2D eigenvalue weighted by Gasteiger charge is -2.16. The number of aryl methyl sites for hydroxylation is 3. The van der Waals surface area contributed by atoms with E-state index in [4.69, 9.17) is 5.84 Å². The maximum atomic E-state index is 5.66. The number of nitrogens with two attached hydrogens (primary N) is 1. The van der Waals surface area contributed by atoms with E-state index < -0.39 is 0 Å². The van der Waals surface area contributed by atoms with E-state index in [1.54, 1.807) is 10.9 Å². The molecule has 2 rings (SSSR count). The second-order valence-corrected chi connectivity index (χ2v) is 4.01. The van der Waals surface area contributed by atoms with Crippen molar-refractivity contribution >= 4 is 0 Å². The Kier molecular flexibility index (Phi) is 3.26. The number of hydrogen-bond acceptors (Lipinski definition) is 4. The van der Waals surface area contributed by atoms with Crippen LogP contribution in [0.2, 0.25) is 0 Å². The summed E-state index contributed by atoms with van der Waals surface area (Å²) in [4.78, 5) is 4.37. The van der Waals surface area contributed by atoms with Gasteiger partial charge in [0, 0.05) is 37.7 Å². The van der Waals surface area contributed by atoms with Gasteiger partial charge in [-0.25, -0.2) is 10.4 Å². The lowest BCUT2D eigenvalue weighted by atomic mass is 10.1. The molecule has 2 aromatic heterocycles. The maximum absolute atomic E-state index is 5.66. The van der Waals surface area contributed by atoms with Crippen molar-refractivity contribution in [3.05, 3.63) is 35.7 Å². The van der Waals surface area contributed by atoms with Gasteiger partial charge in [0.05, 0.1) is 5.69 Å². The Balaban J connectivity index is 2.43. The van der Waals surface area contributed by atoms with E-state index in [1.807, 2.05) is 26.4 Å². The van der Waals surface area contributed by atoms with Crippen LogP contribution in [0.25, 0.3) is 0 Å². The quantitative estimate of drug-likeness (QED) is 0.596. The van der Waals surface area contributed by atoms with Gasteiger partial charge in [-0.1, -0.05) is 0 Å². The molecule has 0 aromatic carbocycles. The number of hydrazine groups is 1. The molecule has 1 unspecified atom stereocenters. The summed E-state index contributed by atoms with van der Waals surface area (Å²) in [7, 11) is 1.90. The minimum absolute atomic E-state index is 0.126. The molecule has 2 aromatic rings. The third kappa shape index (κ3) is 2.09. The smallest absolute Gasteiger partial charge is 0.131 e. The Bertz CT molecular complexity index is 498. The Morgan fingerprint density at radius 3 is 2.82 bits per heavy atom. The summed E-state index contributed by atoms with van der Waals surface area (Å²) in [6.45, 7) is 4.92. The first-order chi connectivity index (χ1) is 8.17. The zero-order valence-corrected chi connectivity index (χ0v) is 10.4. The van der Waals surface area contributed by atoms with Crippen LogP contribution in [0, 0.1) is 6.92 Å². The summed E-state index contributed by atoms with van der Waals surface area (Å²) < 4.78 is 3.85. The molecule has 0 radical (unpaired) electrons. The van der Waals surface area contributed by atoms with Crippen LogP contribution in [0.1, 0.15) is 30.0 Å². The predicted molar refractivity (Wildman–Crippen MR) is 65.0 cm³/mol. The molecule has 0 saturated heterocycles. The van der Waals surface area contributed by atoms with Crippen LogP contribution in [0.5, 0.6) is 0 Å². The van der Waals surface area contributed by atoms with Crippen LogP contribution >= 0.6 is 0 Å². The lowest BCUT2D eigenvalue weighted by molar-refractivity contribution is 0.558. The number of hydrogen-bond donors (Lipinski definition) is 2. The van der Waals surface area contributed by atoms with Crippen LogP contribution in [0.15, 0.2) is 18.6 Å². The molecule has 3 N–H and O–H groups in total. The van der Waals surface area contributed by atoms with Crippen molar-refractivity contribution < 1.29 is 0 Å². The van der Waals surface area contributed by atoms with Gasteiger partial charge in [-0.05, 0) is 13.8 Å². The van der Waals surface area contributed by atoms with Crippen LogP contribution in [0.3, 0.4) is 0 Å². The Labute approximate surface area is 100 Å². The first kappa shape index (κ1) is 11.8. The van der Waals surface area contributed by atoms with Crippen LogP contribution in [-0.2, 0) is 13.6 Å². The third-order valence-electron chi connectivity index (χ3n) is 2.88. The van der Waals surface area contributed by atoms with Crippen LogP contribution < -0.4 is 11.3 Å². The summed E-state index contributed by atoms with van der Waals surface area (Å²) in [5.74, 6) is 6.57. The highest BCUT2D eigenvalue weighted by molar-refractivity contribution is 5.26. The molecule has 0 aliphatic rings. The van der Waals surface area contributed by atoms with Crippen molar-refractivity contribution in [2.75, 3.05) is 0 Å². The van der Waals surface area contributed by atoms with Crippen molar-refractivity contribution in [1.29, 1.82) is 0 Å². The van der Waals surface area contributed by atoms with E-state index >= 15 is 0 Å². The molecule has 0 saturated carbocycles. The fourth-order valence-electron chi connectivity index (χ4n) is 2.05. The molecule has 0 fully saturated rings. The summed E-state index contributed by atoms with van der Waals surface area (Å²) >= 11 is 0. The van der Waals surface area contributed by atoms with Crippen LogP contribution in [0.4, 0.5) is 0 Å². The predicted octanol–water partition coefficient (Wildman–Crippen LogP) is 0.498. The highest BCUT2D eigenvalue weighted by atomic mass is 15.3. The third-order valence-corrected chi connectivity index (χ3v) is 2.88. The van der Waals surface area contributed by atoms with E-state index in [9.17, 15) is 0 Å².